The van der Waals surface area contributed by atoms with Gasteiger partial charge in [0.05, 0.1) is 5.54 Å². The number of aromatic nitrogens is 5. The van der Waals surface area contributed by atoms with E-state index in [9.17, 15) is 8.78 Å². The Morgan fingerprint density at radius 2 is 1.88 bits per heavy atom. The number of nitrogens with two attached hydrogens (primary N) is 1. The average molecular weight is 549 g/mol. The first-order valence-electron chi connectivity index (χ1n) is 10.3. The molecule has 1 aromatic carbocycles. The Balaban J connectivity index is 0.00000274. The zero-order valence-electron chi connectivity index (χ0n) is 18.1. The summed E-state index contributed by atoms with van der Waals surface area (Å²) in [7, 11) is 0. The van der Waals surface area contributed by atoms with Gasteiger partial charge in [0.2, 0.25) is 0 Å². The zero-order valence-corrected chi connectivity index (χ0v) is 20.5. The van der Waals surface area contributed by atoms with Crippen molar-refractivity contribution >= 4 is 45.2 Å². The van der Waals surface area contributed by atoms with Crippen LogP contribution in [0.3, 0.4) is 0 Å². The van der Waals surface area contributed by atoms with Crippen LogP contribution in [0.25, 0.3) is 11.1 Å². The first-order chi connectivity index (χ1) is 15.8. The minimum absolute atomic E-state index is 0. The third-order valence-electron chi connectivity index (χ3n) is 5.89. The molecule has 0 spiro atoms. The zero-order chi connectivity index (χ0) is 23.2. The summed E-state index contributed by atoms with van der Waals surface area (Å²) in [5.74, 6) is 0.117. The highest BCUT2D eigenvalue weighted by molar-refractivity contribution is 9.10. The minimum atomic E-state index is -1.20. The largest absolute Gasteiger partial charge is 0.351 e. The Hall–Kier alpha value is -2.95. The molecule has 0 saturated carbocycles. The number of rotatable bonds is 4. The van der Waals surface area contributed by atoms with E-state index < -0.39 is 17.2 Å². The molecule has 3 aromatic heterocycles. The lowest BCUT2D eigenvalue weighted by atomic mass is 9.87. The van der Waals surface area contributed by atoms with Crippen LogP contribution in [0.5, 0.6) is 0 Å². The molecule has 4 aromatic rings. The Kier molecular flexibility index (Phi) is 6.66. The smallest absolute Gasteiger partial charge is 0.156 e. The maximum atomic E-state index is 14.3. The fourth-order valence-corrected chi connectivity index (χ4v) is 4.43. The molecule has 0 saturated heterocycles. The van der Waals surface area contributed by atoms with Gasteiger partial charge >= 0.3 is 0 Å². The van der Waals surface area contributed by atoms with Gasteiger partial charge in [-0.05, 0) is 47.0 Å². The van der Waals surface area contributed by atoms with Gasteiger partial charge < -0.3 is 10.6 Å². The molecule has 1 aliphatic heterocycles. The Labute approximate surface area is 209 Å². The molecule has 11 heteroatoms. The minimum Gasteiger partial charge on any atom is -0.351 e. The normalized spacial score (nSPS) is 15.6. The number of benzene rings is 1. The fraction of sp³-hybridized carbons (Fsp3) is 0.217. The maximum Gasteiger partial charge on any atom is 0.156 e. The Bertz CT molecular complexity index is 1370. The lowest BCUT2D eigenvalue weighted by Gasteiger charge is -2.28. The third-order valence-corrected chi connectivity index (χ3v) is 6.32. The van der Waals surface area contributed by atoms with Crippen LogP contribution in [-0.2, 0) is 5.54 Å². The van der Waals surface area contributed by atoms with Gasteiger partial charge in [-0.3, -0.25) is 0 Å². The van der Waals surface area contributed by atoms with E-state index in [1.807, 2.05) is 12.3 Å². The fourth-order valence-electron chi connectivity index (χ4n) is 4.02. The van der Waals surface area contributed by atoms with Crippen molar-refractivity contribution in [2.75, 3.05) is 18.0 Å². The van der Waals surface area contributed by atoms with E-state index in [-0.39, 0.29) is 18.0 Å². The number of hydrogen-bond donors (Lipinski definition) is 1. The number of halogens is 4. The van der Waals surface area contributed by atoms with Crippen LogP contribution in [0.1, 0.15) is 30.3 Å². The molecule has 0 bridgehead atoms. The van der Waals surface area contributed by atoms with Crippen molar-refractivity contribution in [1.29, 1.82) is 0 Å². The lowest BCUT2D eigenvalue weighted by Crippen LogP contribution is -2.35. The first-order valence-corrected chi connectivity index (χ1v) is 11.1. The number of hydrogen-bond acceptors (Lipinski definition) is 6. The topological polar surface area (TPSA) is 85.2 Å². The average Bonchev–Trinajstić information content (AvgIpc) is 3.19. The second-order valence-electron chi connectivity index (χ2n) is 8.12. The monoisotopic (exact) mass is 547 g/mol. The molecule has 0 radical (unpaired) electrons. The maximum absolute atomic E-state index is 14.3. The van der Waals surface area contributed by atoms with Crippen LogP contribution < -0.4 is 10.6 Å². The molecule has 0 fully saturated rings. The molecule has 0 amide bonds. The highest BCUT2D eigenvalue weighted by Crippen LogP contribution is 2.30. The van der Waals surface area contributed by atoms with Gasteiger partial charge in [0.25, 0.3) is 0 Å². The van der Waals surface area contributed by atoms with Crippen LogP contribution in [0.2, 0.25) is 0 Å². The van der Waals surface area contributed by atoms with Crippen molar-refractivity contribution in [3.8, 4) is 0 Å². The van der Waals surface area contributed by atoms with E-state index in [1.54, 1.807) is 30.2 Å². The van der Waals surface area contributed by atoms with Gasteiger partial charge in [-0.1, -0.05) is 12.1 Å². The second kappa shape index (κ2) is 9.36. The van der Waals surface area contributed by atoms with E-state index in [0.29, 0.717) is 17.9 Å². The molecule has 4 heterocycles. The molecule has 7 nitrogen and oxygen atoms in total. The summed E-state index contributed by atoms with van der Waals surface area (Å²) in [5, 5.41) is 4.24. The number of anilines is 1. The molecular weight excluding hydrogens is 528 g/mol. The first kappa shape index (κ1) is 24.2. The Morgan fingerprint density at radius 3 is 2.56 bits per heavy atom. The van der Waals surface area contributed by atoms with Crippen molar-refractivity contribution in [3.05, 3.63) is 88.3 Å². The van der Waals surface area contributed by atoms with E-state index in [2.05, 4.69) is 47.0 Å². The van der Waals surface area contributed by atoms with Crippen molar-refractivity contribution in [3.63, 3.8) is 0 Å². The van der Waals surface area contributed by atoms with Crippen LogP contribution >= 0.6 is 28.3 Å². The summed E-state index contributed by atoms with van der Waals surface area (Å²) in [4.78, 5) is 15.6. The summed E-state index contributed by atoms with van der Waals surface area (Å²) in [6, 6.07) is 5.36. The number of fused-ring (bicyclic) bond motifs is 1. The van der Waals surface area contributed by atoms with Gasteiger partial charge in [0.15, 0.2) is 11.6 Å². The van der Waals surface area contributed by atoms with Crippen molar-refractivity contribution in [2.24, 2.45) is 5.73 Å². The second-order valence-corrected chi connectivity index (χ2v) is 9.03. The van der Waals surface area contributed by atoms with Gasteiger partial charge in [-0.2, -0.15) is 5.10 Å². The van der Waals surface area contributed by atoms with E-state index in [0.717, 1.165) is 40.4 Å². The predicted octanol–water partition coefficient (Wildman–Crippen LogP) is 4.50. The lowest BCUT2D eigenvalue weighted by molar-refractivity contribution is 0.515. The van der Waals surface area contributed by atoms with E-state index >= 15 is 0 Å². The summed E-state index contributed by atoms with van der Waals surface area (Å²) in [6.07, 6.45) is 9.46. The van der Waals surface area contributed by atoms with Gasteiger partial charge in [0.1, 0.15) is 23.5 Å². The van der Waals surface area contributed by atoms with E-state index in [4.69, 9.17) is 5.73 Å². The van der Waals surface area contributed by atoms with Crippen molar-refractivity contribution < 1.29 is 8.78 Å². The molecule has 5 rings (SSSR count). The quantitative estimate of drug-likeness (QED) is 0.404. The molecule has 1 aliphatic rings. The van der Waals surface area contributed by atoms with Crippen LogP contribution in [0.4, 0.5) is 14.6 Å². The molecule has 0 aliphatic carbocycles. The summed E-state index contributed by atoms with van der Waals surface area (Å²) < 4.78 is 30.3. The summed E-state index contributed by atoms with van der Waals surface area (Å²) in [5.41, 5.74) is 7.86. The highest BCUT2D eigenvalue weighted by atomic mass is 79.9. The summed E-state index contributed by atoms with van der Waals surface area (Å²) >= 11 is 3.48. The summed E-state index contributed by atoms with van der Waals surface area (Å²) in [6.45, 7) is 3.06. The van der Waals surface area contributed by atoms with E-state index in [1.165, 1.54) is 12.1 Å². The molecule has 34 heavy (non-hydrogen) atoms. The van der Waals surface area contributed by atoms with Crippen LogP contribution in [0, 0.1) is 11.6 Å². The molecule has 176 valence electrons. The molecule has 2 N–H and O–H groups in total. The highest BCUT2D eigenvalue weighted by Gasteiger charge is 2.28. The van der Waals surface area contributed by atoms with Gasteiger partial charge in [0, 0.05) is 53.3 Å². The molecular formula is C23H21BrClF2N7. The number of nitrogens with zero attached hydrogens (tertiary/aromatic N) is 6. The third kappa shape index (κ3) is 4.40. The van der Waals surface area contributed by atoms with Crippen molar-refractivity contribution in [2.45, 2.75) is 18.9 Å². The van der Waals surface area contributed by atoms with Crippen molar-refractivity contribution in [1.82, 2.24) is 24.6 Å². The Morgan fingerprint density at radius 1 is 1.12 bits per heavy atom. The van der Waals surface area contributed by atoms with Gasteiger partial charge in [-0.25, -0.2) is 28.2 Å². The SMILES string of the molecule is C[C@@](N)(c1cnc(C2=CCN(c3ncnn4cc(Br)cc34)CC2)nc1)c1ccc(F)cc1F.Cl. The predicted molar refractivity (Wildman–Crippen MR) is 132 cm³/mol. The van der Waals surface area contributed by atoms with Crippen LogP contribution in [-0.4, -0.2) is 37.7 Å². The van der Waals surface area contributed by atoms with Gasteiger partial charge in [-0.15, -0.1) is 12.4 Å². The van der Waals surface area contributed by atoms with Crippen LogP contribution in [0.15, 0.2) is 59.7 Å². The standard InChI is InChI=1S/C23H20BrF2N7.ClH/c1-23(27,18-3-2-17(25)9-19(18)26)15-10-28-21(29-11-15)14-4-6-32(7-5-14)22-20-8-16(24)12-33(20)31-13-30-22;/h2-4,8-13H,5-7,27H2,1H3;1H/t23-;/m1./s1. The molecule has 0 unspecified atom stereocenters. The molecule has 1 atom stereocenters.